The fourth-order valence-electron chi connectivity index (χ4n) is 3.61. The van der Waals surface area contributed by atoms with Crippen molar-refractivity contribution in [1.82, 2.24) is 14.8 Å². The molecule has 1 fully saturated rings. The zero-order valence-corrected chi connectivity index (χ0v) is 16.9. The number of hydrogen-bond donors (Lipinski definition) is 1. The number of nitrogens with zero attached hydrogens (tertiary/aromatic N) is 3. The Morgan fingerprint density at radius 2 is 1.93 bits per heavy atom. The van der Waals surface area contributed by atoms with Gasteiger partial charge >= 0.3 is 0 Å². The molecule has 2 aromatic rings. The first-order valence-corrected chi connectivity index (χ1v) is 9.71. The number of likely N-dealkylation sites (tertiary alicyclic amines) is 1. The van der Waals surface area contributed by atoms with E-state index in [1.54, 1.807) is 42.6 Å². The van der Waals surface area contributed by atoms with Crippen LogP contribution in [0.5, 0.6) is 11.5 Å². The lowest BCUT2D eigenvalue weighted by atomic mass is 9.98. The van der Waals surface area contributed by atoms with E-state index < -0.39 is 17.7 Å². The lowest BCUT2D eigenvalue weighted by Crippen LogP contribution is -2.35. The highest BCUT2D eigenvalue weighted by atomic mass is 16.6. The van der Waals surface area contributed by atoms with E-state index in [4.69, 9.17) is 9.47 Å². The molecule has 8 nitrogen and oxygen atoms in total. The quantitative estimate of drug-likeness (QED) is 0.458. The maximum absolute atomic E-state index is 12.9. The summed E-state index contributed by atoms with van der Waals surface area (Å²) < 4.78 is 11.1. The molecular formula is C22H23N3O5. The second kappa shape index (κ2) is 8.16. The number of carbonyl (C=O) groups excluding carboxylic acids is 2. The molecule has 0 saturated carbocycles. The Balaban J connectivity index is 1.81. The molecule has 2 aliphatic rings. The van der Waals surface area contributed by atoms with Crippen LogP contribution in [0.3, 0.4) is 0 Å². The maximum Gasteiger partial charge on any atom is 0.295 e. The molecule has 1 N–H and O–H groups in total. The smallest absolute Gasteiger partial charge is 0.295 e. The number of aliphatic hydroxyl groups is 1. The third-order valence-corrected chi connectivity index (χ3v) is 5.11. The Hall–Kier alpha value is -3.39. The van der Waals surface area contributed by atoms with Gasteiger partial charge < -0.3 is 24.4 Å². The first kappa shape index (κ1) is 19.9. The van der Waals surface area contributed by atoms with Gasteiger partial charge in [0.2, 0.25) is 0 Å². The minimum Gasteiger partial charge on any atom is -0.507 e. The van der Waals surface area contributed by atoms with Crippen LogP contribution in [0.15, 0.2) is 48.2 Å². The van der Waals surface area contributed by atoms with Crippen molar-refractivity contribution >= 4 is 17.4 Å². The highest BCUT2D eigenvalue weighted by Crippen LogP contribution is 2.40. The molecular weight excluding hydrogens is 386 g/mol. The Kier molecular flexibility index (Phi) is 5.41. The summed E-state index contributed by atoms with van der Waals surface area (Å²) in [6.07, 6.45) is 1.60. The van der Waals surface area contributed by atoms with Crippen molar-refractivity contribution in [3.05, 3.63) is 59.4 Å². The molecule has 2 aliphatic heterocycles. The van der Waals surface area contributed by atoms with E-state index in [9.17, 15) is 14.7 Å². The van der Waals surface area contributed by atoms with E-state index in [1.807, 2.05) is 19.0 Å². The van der Waals surface area contributed by atoms with Crippen LogP contribution in [0, 0.1) is 0 Å². The van der Waals surface area contributed by atoms with Gasteiger partial charge in [-0.25, -0.2) is 0 Å². The van der Waals surface area contributed by atoms with E-state index in [2.05, 4.69) is 4.98 Å². The number of likely N-dealkylation sites (N-methyl/N-ethyl adjacent to an activating group) is 1. The molecule has 8 heteroatoms. The largest absolute Gasteiger partial charge is 0.507 e. The molecule has 1 saturated heterocycles. The molecule has 0 aliphatic carbocycles. The summed E-state index contributed by atoms with van der Waals surface area (Å²) in [4.78, 5) is 33.5. The summed E-state index contributed by atoms with van der Waals surface area (Å²) in [5.41, 5.74) is 0.925. The van der Waals surface area contributed by atoms with Crippen molar-refractivity contribution in [2.24, 2.45) is 0 Å². The number of Topliss-reactive ketones (excluding diaryl/α,β-unsaturated/α-hetero) is 1. The van der Waals surface area contributed by atoms with Gasteiger partial charge in [0.25, 0.3) is 11.7 Å². The SMILES string of the molecule is CN(C)CCN1C(=O)C(=O)/C(=C(/O)c2ccc3c(c2)OCCO3)[C@@H]1c1ccccn1. The average Bonchev–Trinajstić information content (AvgIpc) is 3.02. The topological polar surface area (TPSA) is 92.2 Å². The van der Waals surface area contributed by atoms with E-state index in [0.29, 0.717) is 49.1 Å². The molecule has 1 aromatic carbocycles. The standard InChI is InChI=1S/C22H23N3O5/c1-24(2)9-10-25-19(15-5-3-4-8-23-15)18(21(27)22(25)28)20(26)14-6-7-16-17(13-14)30-12-11-29-16/h3-8,13,19,26H,9-12H2,1-2H3/b20-18+/t19-/m0/s1. The molecule has 1 amide bonds. The van der Waals surface area contributed by atoms with E-state index in [1.165, 1.54) is 4.90 Å². The predicted molar refractivity (Wildman–Crippen MR) is 109 cm³/mol. The molecule has 0 radical (unpaired) electrons. The number of pyridine rings is 1. The lowest BCUT2D eigenvalue weighted by molar-refractivity contribution is -0.140. The monoisotopic (exact) mass is 409 g/mol. The third-order valence-electron chi connectivity index (χ3n) is 5.11. The summed E-state index contributed by atoms with van der Waals surface area (Å²) >= 11 is 0. The highest BCUT2D eigenvalue weighted by molar-refractivity contribution is 6.46. The van der Waals surface area contributed by atoms with Gasteiger partial charge in [-0.2, -0.15) is 0 Å². The van der Waals surface area contributed by atoms with Gasteiger partial charge in [0.15, 0.2) is 11.5 Å². The zero-order valence-electron chi connectivity index (χ0n) is 16.9. The van der Waals surface area contributed by atoms with Gasteiger partial charge in [-0.3, -0.25) is 14.6 Å². The first-order valence-electron chi connectivity index (χ1n) is 9.71. The van der Waals surface area contributed by atoms with Crippen LogP contribution in [0.2, 0.25) is 0 Å². The van der Waals surface area contributed by atoms with E-state index in [0.717, 1.165) is 0 Å². The molecule has 156 valence electrons. The summed E-state index contributed by atoms with van der Waals surface area (Å²) in [7, 11) is 3.78. The van der Waals surface area contributed by atoms with Crippen molar-refractivity contribution in [2.75, 3.05) is 40.4 Å². The fourth-order valence-corrected chi connectivity index (χ4v) is 3.61. The average molecular weight is 409 g/mol. The Bertz CT molecular complexity index is 1000. The highest BCUT2D eigenvalue weighted by Gasteiger charge is 2.46. The fraction of sp³-hybridized carbons (Fsp3) is 0.318. The van der Waals surface area contributed by atoms with Crippen LogP contribution in [0.25, 0.3) is 5.76 Å². The van der Waals surface area contributed by atoms with Gasteiger partial charge in [-0.15, -0.1) is 0 Å². The third kappa shape index (κ3) is 3.61. The number of ether oxygens (including phenoxy) is 2. The minimum atomic E-state index is -0.764. The lowest BCUT2D eigenvalue weighted by Gasteiger charge is -2.25. The number of aromatic nitrogens is 1. The first-order chi connectivity index (χ1) is 14.5. The molecule has 30 heavy (non-hydrogen) atoms. The summed E-state index contributed by atoms with van der Waals surface area (Å²) in [5, 5.41) is 11.1. The van der Waals surface area contributed by atoms with Crippen LogP contribution in [-0.4, -0.2) is 72.0 Å². The van der Waals surface area contributed by atoms with Gasteiger partial charge in [-0.05, 0) is 44.4 Å². The number of rotatable bonds is 5. The maximum atomic E-state index is 12.9. The van der Waals surface area contributed by atoms with Crippen molar-refractivity contribution in [1.29, 1.82) is 0 Å². The van der Waals surface area contributed by atoms with Gasteiger partial charge in [-0.1, -0.05) is 6.07 Å². The number of benzene rings is 1. The van der Waals surface area contributed by atoms with Crippen molar-refractivity contribution in [3.63, 3.8) is 0 Å². The minimum absolute atomic E-state index is 0.0223. The van der Waals surface area contributed by atoms with E-state index >= 15 is 0 Å². The van der Waals surface area contributed by atoms with Crippen LogP contribution in [0.4, 0.5) is 0 Å². The van der Waals surface area contributed by atoms with Gasteiger partial charge in [0.1, 0.15) is 25.0 Å². The zero-order chi connectivity index (χ0) is 21.3. The summed E-state index contributed by atoms with van der Waals surface area (Å²) in [6.45, 7) is 1.76. The number of hydrogen-bond acceptors (Lipinski definition) is 7. The van der Waals surface area contributed by atoms with Crippen molar-refractivity contribution < 1.29 is 24.2 Å². The molecule has 1 aromatic heterocycles. The number of amides is 1. The molecule has 0 unspecified atom stereocenters. The normalized spacial score (nSPS) is 20.1. The molecule has 1 atom stereocenters. The van der Waals surface area contributed by atoms with E-state index in [-0.39, 0.29) is 11.3 Å². The van der Waals surface area contributed by atoms with Crippen molar-refractivity contribution in [2.45, 2.75) is 6.04 Å². The second-order valence-corrected chi connectivity index (χ2v) is 7.41. The predicted octanol–water partition coefficient (Wildman–Crippen LogP) is 1.84. The number of fused-ring (bicyclic) bond motifs is 1. The van der Waals surface area contributed by atoms with Gasteiger partial charge in [0.05, 0.1) is 11.3 Å². The Morgan fingerprint density at radius 3 is 2.63 bits per heavy atom. The van der Waals surface area contributed by atoms with Crippen LogP contribution in [-0.2, 0) is 9.59 Å². The number of carbonyl (C=O) groups is 2. The Labute approximate surface area is 174 Å². The second-order valence-electron chi connectivity index (χ2n) is 7.41. The number of ketones is 1. The van der Waals surface area contributed by atoms with Crippen LogP contribution >= 0.6 is 0 Å². The van der Waals surface area contributed by atoms with Crippen molar-refractivity contribution in [3.8, 4) is 11.5 Å². The molecule has 0 bridgehead atoms. The number of aliphatic hydroxyl groups excluding tert-OH is 1. The molecule has 0 spiro atoms. The molecule has 4 rings (SSSR count). The van der Waals surface area contributed by atoms with Gasteiger partial charge in [0, 0.05) is 24.8 Å². The summed E-state index contributed by atoms with van der Waals surface area (Å²) in [5.74, 6) is -0.566. The van der Waals surface area contributed by atoms with Crippen LogP contribution < -0.4 is 9.47 Å². The molecule has 3 heterocycles. The Morgan fingerprint density at radius 1 is 1.17 bits per heavy atom. The van der Waals surface area contributed by atoms with Crippen LogP contribution in [0.1, 0.15) is 17.3 Å². The summed E-state index contributed by atoms with van der Waals surface area (Å²) in [6, 6.07) is 9.48.